The predicted molar refractivity (Wildman–Crippen MR) is 59.7 cm³/mol. The third-order valence-corrected chi connectivity index (χ3v) is 2.21. The van der Waals surface area contributed by atoms with E-state index in [1.165, 1.54) is 0 Å². The molecule has 0 aliphatic carbocycles. The topological polar surface area (TPSA) is 72.7 Å². The van der Waals surface area contributed by atoms with Crippen LogP contribution in [-0.4, -0.2) is 23.7 Å². The standard InChI is InChI=1S/C10H14N4O/c1-11-6-12-5-7-2-3-8-9(4-7)14-10(15)13-8/h2-4,11-12H,5-6H2,1H3,(H2,13,14,15). The van der Waals surface area contributed by atoms with Crippen molar-refractivity contribution >= 4 is 11.0 Å². The summed E-state index contributed by atoms with van der Waals surface area (Å²) < 4.78 is 0. The van der Waals surface area contributed by atoms with E-state index in [0.29, 0.717) is 0 Å². The Morgan fingerprint density at radius 1 is 1.27 bits per heavy atom. The molecule has 0 radical (unpaired) electrons. The number of imidazole rings is 1. The van der Waals surface area contributed by atoms with Gasteiger partial charge in [0.25, 0.3) is 0 Å². The lowest BCUT2D eigenvalue weighted by atomic mass is 10.2. The van der Waals surface area contributed by atoms with Crippen LogP contribution in [0, 0.1) is 0 Å². The third kappa shape index (κ3) is 2.26. The van der Waals surface area contributed by atoms with Gasteiger partial charge in [0.05, 0.1) is 11.0 Å². The third-order valence-electron chi connectivity index (χ3n) is 2.21. The van der Waals surface area contributed by atoms with Crippen molar-refractivity contribution in [1.29, 1.82) is 0 Å². The van der Waals surface area contributed by atoms with Gasteiger partial charge in [-0.1, -0.05) is 6.07 Å². The van der Waals surface area contributed by atoms with E-state index < -0.39 is 0 Å². The molecule has 0 unspecified atom stereocenters. The Balaban J connectivity index is 2.19. The van der Waals surface area contributed by atoms with Crippen LogP contribution >= 0.6 is 0 Å². The summed E-state index contributed by atoms with van der Waals surface area (Å²) >= 11 is 0. The van der Waals surface area contributed by atoms with Gasteiger partial charge in [0.1, 0.15) is 0 Å². The quantitative estimate of drug-likeness (QED) is 0.424. The first-order valence-electron chi connectivity index (χ1n) is 4.86. The second kappa shape index (κ2) is 4.29. The Morgan fingerprint density at radius 3 is 2.87 bits per heavy atom. The van der Waals surface area contributed by atoms with Gasteiger partial charge in [0.2, 0.25) is 0 Å². The molecule has 2 aromatic rings. The van der Waals surface area contributed by atoms with Gasteiger partial charge < -0.3 is 20.6 Å². The molecular weight excluding hydrogens is 192 g/mol. The van der Waals surface area contributed by atoms with Crippen LogP contribution in [0.25, 0.3) is 11.0 Å². The molecule has 15 heavy (non-hydrogen) atoms. The summed E-state index contributed by atoms with van der Waals surface area (Å²) in [5.74, 6) is 0. The van der Waals surface area contributed by atoms with Gasteiger partial charge in [-0.25, -0.2) is 4.79 Å². The van der Waals surface area contributed by atoms with Crippen LogP contribution in [0.15, 0.2) is 23.0 Å². The molecule has 0 atom stereocenters. The van der Waals surface area contributed by atoms with Gasteiger partial charge in [0, 0.05) is 13.2 Å². The molecule has 0 aliphatic rings. The molecule has 2 rings (SSSR count). The Bertz CT molecular complexity index is 499. The summed E-state index contributed by atoms with van der Waals surface area (Å²) in [6.07, 6.45) is 0. The lowest BCUT2D eigenvalue weighted by Crippen LogP contribution is -2.25. The molecule has 1 aromatic carbocycles. The molecule has 0 aliphatic heterocycles. The fourth-order valence-electron chi connectivity index (χ4n) is 1.52. The molecule has 0 spiro atoms. The van der Waals surface area contributed by atoms with Crippen molar-refractivity contribution in [3.05, 3.63) is 34.2 Å². The van der Waals surface area contributed by atoms with E-state index >= 15 is 0 Å². The number of aromatic nitrogens is 2. The average Bonchev–Trinajstić information content (AvgIpc) is 2.57. The van der Waals surface area contributed by atoms with E-state index in [4.69, 9.17) is 0 Å². The minimum atomic E-state index is -0.162. The van der Waals surface area contributed by atoms with Gasteiger partial charge in [-0.05, 0) is 24.7 Å². The van der Waals surface area contributed by atoms with Gasteiger partial charge >= 0.3 is 5.69 Å². The molecule has 5 heteroatoms. The zero-order valence-electron chi connectivity index (χ0n) is 8.55. The van der Waals surface area contributed by atoms with E-state index in [2.05, 4.69) is 20.6 Å². The zero-order valence-corrected chi connectivity index (χ0v) is 8.55. The van der Waals surface area contributed by atoms with E-state index in [1.54, 1.807) is 0 Å². The minimum absolute atomic E-state index is 0.162. The number of hydrogen-bond acceptors (Lipinski definition) is 3. The number of rotatable bonds is 4. The van der Waals surface area contributed by atoms with Crippen LogP contribution in [0.4, 0.5) is 0 Å². The lowest BCUT2D eigenvalue weighted by Gasteiger charge is -2.03. The summed E-state index contributed by atoms with van der Waals surface area (Å²) in [6, 6.07) is 5.87. The smallest absolute Gasteiger partial charge is 0.308 e. The van der Waals surface area contributed by atoms with Gasteiger partial charge in [-0.3, -0.25) is 0 Å². The number of benzene rings is 1. The molecule has 0 saturated carbocycles. The van der Waals surface area contributed by atoms with Gasteiger partial charge in [-0.15, -0.1) is 0 Å². The summed E-state index contributed by atoms with van der Waals surface area (Å²) in [5.41, 5.74) is 2.68. The maximum absolute atomic E-state index is 11.0. The van der Waals surface area contributed by atoms with Gasteiger partial charge in [0.15, 0.2) is 0 Å². The Kier molecular flexibility index (Phi) is 2.84. The minimum Gasteiger partial charge on any atom is -0.308 e. The molecule has 80 valence electrons. The summed E-state index contributed by atoms with van der Waals surface area (Å²) in [4.78, 5) is 16.5. The molecule has 0 bridgehead atoms. The molecule has 1 aromatic heterocycles. The van der Waals surface area contributed by atoms with Crippen LogP contribution < -0.4 is 16.3 Å². The highest BCUT2D eigenvalue weighted by molar-refractivity contribution is 5.74. The van der Waals surface area contributed by atoms with Crippen molar-refractivity contribution in [3.63, 3.8) is 0 Å². The Morgan fingerprint density at radius 2 is 2.07 bits per heavy atom. The highest BCUT2D eigenvalue weighted by Crippen LogP contribution is 2.09. The van der Waals surface area contributed by atoms with Crippen molar-refractivity contribution < 1.29 is 0 Å². The molecule has 5 nitrogen and oxygen atoms in total. The molecule has 0 amide bonds. The van der Waals surface area contributed by atoms with Crippen LogP contribution in [0.2, 0.25) is 0 Å². The zero-order chi connectivity index (χ0) is 10.7. The maximum Gasteiger partial charge on any atom is 0.323 e. The maximum atomic E-state index is 11.0. The molecule has 0 fully saturated rings. The fraction of sp³-hybridized carbons (Fsp3) is 0.300. The monoisotopic (exact) mass is 206 g/mol. The van der Waals surface area contributed by atoms with E-state index in [-0.39, 0.29) is 5.69 Å². The highest BCUT2D eigenvalue weighted by Gasteiger charge is 1.98. The Labute approximate surface area is 86.9 Å². The SMILES string of the molecule is CNCNCc1ccc2[nH]c(=O)[nH]c2c1. The van der Waals surface area contributed by atoms with Crippen molar-refractivity contribution in [2.24, 2.45) is 0 Å². The fourth-order valence-corrected chi connectivity index (χ4v) is 1.52. The first-order chi connectivity index (χ1) is 7.29. The lowest BCUT2D eigenvalue weighted by molar-refractivity contribution is 0.632. The molecular formula is C10H14N4O. The van der Waals surface area contributed by atoms with Crippen LogP contribution in [-0.2, 0) is 6.54 Å². The second-order valence-corrected chi connectivity index (χ2v) is 3.42. The number of H-pyrrole nitrogens is 2. The van der Waals surface area contributed by atoms with E-state index in [1.807, 2.05) is 25.2 Å². The molecule has 0 saturated heterocycles. The van der Waals surface area contributed by atoms with Crippen LogP contribution in [0.5, 0.6) is 0 Å². The number of hydrogen-bond donors (Lipinski definition) is 4. The number of nitrogens with one attached hydrogen (secondary N) is 4. The normalized spacial score (nSPS) is 11.0. The van der Waals surface area contributed by atoms with Crippen molar-refractivity contribution in [1.82, 2.24) is 20.6 Å². The highest BCUT2D eigenvalue weighted by atomic mass is 16.1. The van der Waals surface area contributed by atoms with Crippen molar-refractivity contribution in [2.75, 3.05) is 13.7 Å². The number of fused-ring (bicyclic) bond motifs is 1. The van der Waals surface area contributed by atoms with Crippen molar-refractivity contribution in [3.8, 4) is 0 Å². The van der Waals surface area contributed by atoms with Crippen molar-refractivity contribution in [2.45, 2.75) is 6.54 Å². The van der Waals surface area contributed by atoms with E-state index in [9.17, 15) is 4.79 Å². The predicted octanol–water partition coefficient (Wildman–Crippen LogP) is 0.123. The molecule has 1 heterocycles. The summed E-state index contributed by atoms with van der Waals surface area (Å²) in [7, 11) is 1.89. The largest absolute Gasteiger partial charge is 0.323 e. The summed E-state index contributed by atoms with van der Waals surface area (Å²) in [5, 5.41) is 6.21. The first kappa shape index (κ1) is 9.95. The van der Waals surface area contributed by atoms with Crippen LogP contribution in [0.3, 0.4) is 0 Å². The molecule has 4 N–H and O–H groups in total. The van der Waals surface area contributed by atoms with Gasteiger partial charge in [-0.2, -0.15) is 0 Å². The van der Waals surface area contributed by atoms with E-state index in [0.717, 1.165) is 29.8 Å². The average molecular weight is 206 g/mol. The number of aromatic amines is 2. The first-order valence-corrected chi connectivity index (χ1v) is 4.86. The van der Waals surface area contributed by atoms with Crippen LogP contribution in [0.1, 0.15) is 5.56 Å². The second-order valence-electron chi connectivity index (χ2n) is 3.42. The Hall–Kier alpha value is -1.59. The summed E-state index contributed by atoms with van der Waals surface area (Å²) in [6.45, 7) is 1.55.